The summed E-state index contributed by atoms with van der Waals surface area (Å²) in [5.41, 5.74) is 3.53. The molecular weight excluding hydrogens is 668 g/mol. The van der Waals surface area contributed by atoms with Crippen LogP contribution in [0.1, 0.15) is 86.0 Å². The van der Waals surface area contributed by atoms with Gasteiger partial charge in [0.1, 0.15) is 24.2 Å². The summed E-state index contributed by atoms with van der Waals surface area (Å²) in [6.45, 7) is 10.6. The molecule has 51 heavy (non-hydrogen) atoms. The molecule has 6 rings (SSSR count). The van der Waals surface area contributed by atoms with Crippen LogP contribution in [0.2, 0.25) is 5.02 Å². The second-order valence-electron chi connectivity index (χ2n) is 14.1. The van der Waals surface area contributed by atoms with Gasteiger partial charge in [-0.25, -0.2) is 9.97 Å². The Morgan fingerprint density at radius 1 is 0.922 bits per heavy atom. The molecule has 3 aromatic rings. The number of aryl methyl sites for hydroxylation is 1. The van der Waals surface area contributed by atoms with Gasteiger partial charge in [-0.15, -0.1) is 0 Å². The zero-order valence-electron chi connectivity index (χ0n) is 29.8. The molecule has 0 radical (unpaired) electrons. The van der Waals surface area contributed by atoms with Gasteiger partial charge in [-0.3, -0.25) is 24.2 Å². The smallest absolute Gasteiger partial charge is 0.252 e. The van der Waals surface area contributed by atoms with Crippen LogP contribution in [0.15, 0.2) is 55.1 Å². The summed E-state index contributed by atoms with van der Waals surface area (Å²) in [7, 11) is 0. The van der Waals surface area contributed by atoms with Gasteiger partial charge in [0.05, 0.1) is 5.92 Å². The second kappa shape index (κ2) is 15.8. The maximum atomic E-state index is 14.5. The van der Waals surface area contributed by atoms with E-state index in [1.54, 1.807) is 47.3 Å². The third-order valence-electron chi connectivity index (χ3n) is 10.5. The molecule has 12 nitrogen and oxygen atoms in total. The third-order valence-corrected chi connectivity index (χ3v) is 10.7. The van der Waals surface area contributed by atoms with Crippen molar-refractivity contribution < 1.29 is 19.2 Å². The molecule has 2 aromatic heterocycles. The van der Waals surface area contributed by atoms with E-state index in [1.165, 1.54) is 18.0 Å². The molecule has 2 fully saturated rings. The lowest BCUT2D eigenvalue weighted by Crippen LogP contribution is -2.56. The van der Waals surface area contributed by atoms with Crippen molar-refractivity contribution in [1.29, 1.82) is 0 Å². The molecule has 2 aliphatic heterocycles. The topological polar surface area (TPSA) is 132 Å². The number of amides is 4. The Balaban J connectivity index is 1.17. The third kappa shape index (κ3) is 7.85. The number of hydrogen-bond acceptors (Lipinski definition) is 8. The lowest BCUT2D eigenvalue weighted by molar-refractivity contribution is -0.146. The Hall–Kier alpha value is -4.58. The SMILES string of the molecule is CC(C)N(C[C@@H](C(=O)N1CCN(c2ncnc3c2[C@H](C)CC3)CC1)c1ccc(Cl)cc1)C(=O)[C@@H]1CCCN1C(=O)[C@@H](C)NC(=O)c1ccncc1. The zero-order chi connectivity index (χ0) is 36.2. The van der Waals surface area contributed by atoms with Gasteiger partial charge in [-0.05, 0) is 82.2 Å². The first-order chi connectivity index (χ1) is 24.5. The van der Waals surface area contributed by atoms with Crippen molar-refractivity contribution in [2.24, 2.45) is 0 Å². The Labute approximate surface area is 304 Å². The summed E-state index contributed by atoms with van der Waals surface area (Å²) in [5.74, 6) is -0.203. The molecule has 0 bridgehead atoms. The predicted molar refractivity (Wildman–Crippen MR) is 195 cm³/mol. The first kappa shape index (κ1) is 36.2. The lowest BCUT2D eigenvalue weighted by Gasteiger charge is -2.40. The number of hydrogen-bond donors (Lipinski definition) is 1. The first-order valence-corrected chi connectivity index (χ1v) is 18.4. The van der Waals surface area contributed by atoms with E-state index in [0.717, 1.165) is 29.9 Å². The molecule has 13 heteroatoms. The minimum atomic E-state index is -0.833. The van der Waals surface area contributed by atoms with Crippen LogP contribution >= 0.6 is 11.6 Å². The number of piperazine rings is 1. The van der Waals surface area contributed by atoms with Gasteiger partial charge in [-0.2, -0.15) is 0 Å². The van der Waals surface area contributed by atoms with Gasteiger partial charge in [0.15, 0.2) is 0 Å². The van der Waals surface area contributed by atoms with Crippen molar-refractivity contribution in [3.8, 4) is 0 Å². The molecule has 2 saturated heterocycles. The first-order valence-electron chi connectivity index (χ1n) is 18.0. The molecule has 0 unspecified atom stereocenters. The monoisotopic (exact) mass is 714 g/mol. The molecule has 0 spiro atoms. The summed E-state index contributed by atoms with van der Waals surface area (Å²) in [6.07, 6.45) is 7.89. The minimum absolute atomic E-state index is 0.0523. The van der Waals surface area contributed by atoms with Crippen molar-refractivity contribution in [1.82, 2.24) is 35.0 Å². The summed E-state index contributed by atoms with van der Waals surface area (Å²) in [5, 5.41) is 3.33. The Bertz CT molecular complexity index is 1730. The average Bonchev–Trinajstić information content (AvgIpc) is 3.79. The Morgan fingerprint density at radius 2 is 1.63 bits per heavy atom. The summed E-state index contributed by atoms with van der Waals surface area (Å²) >= 11 is 6.26. The molecular formula is C38H47ClN8O4. The maximum Gasteiger partial charge on any atom is 0.252 e. The number of carbonyl (C=O) groups excluding carboxylic acids is 4. The highest BCUT2D eigenvalue weighted by atomic mass is 35.5. The van der Waals surface area contributed by atoms with Gasteiger partial charge in [-0.1, -0.05) is 30.7 Å². The molecule has 3 aliphatic rings. The van der Waals surface area contributed by atoms with Crippen molar-refractivity contribution in [3.05, 3.63) is 82.5 Å². The number of nitrogens with zero attached hydrogens (tertiary/aromatic N) is 7. The van der Waals surface area contributed by atoms with E-state index in [9.17, 15) is 19.2 Å². The van der Waals surface area contributed by atoms with E-state index in [2.05, 4.69) is 32.1 Å². The Morgan fingerprint density at radius 3 is 2.31 bits per heavy atom. The highest BCUT2D eigenvalue weighted by Crippen LogP contribution is 2.37. The quantitative estimate of drug-likeness (QED) is 0.333. The fraction of sp³-hybridized carbons (Fsp3) is 0.500. The van der Waals surface area contributed by atoms with Crippen LogP contribution in [0.3, 0.4) is 0 Å². The predicted octanol–water partition coefficient (Wildman–Crippen LogP) is 4.05. The molecule has 1 aromatic carbocycles. The standard InChI is InChI=1S/C38H47ClN8O4/c1-24(2)47(38(51)32-6-5-17-46(32)36(49)26(4)43-35(48)28-13-15-40-16-14-28)22-30(27-8-10-29(39)11-9-27)37(50)45-20-18-44(19-21-45)34-33-25(3)7-12-31(33)41-23-42-34/h8-11,13-16,23-26,30,32H,5-7,12,17-22H2,1-4H3,(H,43,48)/t25-,26-,30-,32+/m1/s1. The van der Waals surface area contributed by atoms with E-state index < -0.39 is 18.0 Å². The largest absolute Gasteiger partial charge is 0.353 e. The number of fused-ring (bicyclic) bond motifs is 1. The van der Waals surface area contributed by atoms with Crippen LogP contribution in [0.25, 0.3) is 0 Å². The number of likely N-dealkylation sites (tertiary alicyclic amines) is 1. The molecule has 4 heterocycles. The number of anilines is 1. The van der Waals surface area contributed by atoms with Crippen molar-refractivity contribution >= 4 is 41.0 Å². The Kier molecular flexibility index (Phi) is 11.2. The number of pyridine rings is 1. The normalized spacial score (nSPS) is 19.8. The maximum absolute atomic E-state index is 14.5. The van der Waals surface area contributed by atoms with Gasteiger partial charge < -0.3 is 24.9 Å². The summed E-state index contributed by atoms with van der Waals surface area (Å²) < 4.78 is 0. The average molecular weight is 715 g/mol. The number of aromatic nitrogens is 3. The fourth-order valence-corrected chi connectivity index (χ4v) is 7.71. The molecule has 4 atom stereocenters. The van der Waals surface area contributed by atoms with Crippen molar-refractivity contribution in [2.45, 2.75) is 83.3 Å². The number of nitrogens with one attached hydrogen (secondary N) is 1. The van der Waals surface area contributed by atoms with E-state index >= 15 is 0 Å². The highest BCUT2D eigenvalue weighted by Gasteiger charge is 2.41. The van der Waals surface area contributed by atoms with Crippen LogP contribution in [-0.2, 0) is 20.8 Å². The second-order valence-corrected chi connectivity index (χ2v) is 14.6. The number of benzene rings is 1. The van der Waals surface area contributed by atoms with Gasteiger partial charge >= 0.3 is 0 Å². The molecule has 270 valence electrons. The summed E-state index contributed by atoms with van der Waals surface area (Å²) in [6, 6.07) is 8.65. The van der Waals surface area contributed by atoms with Crippen LogP contribution in [0.4, 0.5) is 5.82 Å². The van der Waals surface area contributed by atoms with E-state index in [1.807, 2.05) is 30.9 Å². The molecule has 4 amide bonds. The minimum Gasteiger partial charge on any atom is -0.353 e. The van der Waals surface area contributed by atoms with E-state index in [-0.39, 0.29) is 36.2 Å². The molecule has 1 aliphatic carbocycles. The summed E-state index contributed by atoms with van der Waals surface area (Å²) in [4.78, 5) is 75.8. The van der Waals surface area contributed by atoms with Crippen LogP contribution in [-0.4, -0.2) is 111 Å². The lowest BCUT2D eigenvalue weighted by atomic mass is 9.95. The highest BCUT2D eigenvalue weighted by molar-refractivity contribution is 6.30. The van der Waals surface area contributed by atoms with Crippen LogP contribution in [0.5, 0.6) is 0 Å². The number of carbonyl (C=O) groups is 4. The molecule has 0 saturated carbocycles. The van der Waals surface area contributed by atoms with Crippen molar-refractivity contribution in [2.75, 3.05) is 44.2 Å². The zero-order valence-corrected chi connectivity index (χ0v) is 30.6. The van der Waals surface area contributed by atoms with E-state index in [0.29, 0.717) is 62.1 Å². The number of halogens is 1. The van der Waals surface area contributed by atoms with Gasteiger partial charge in [0.25, 0.3) is 5.91 Å². The fourth-order valence-electron chi connectivity index (χ4n) is 7.58. The number of rotatable bonds is 10. The van der Waals surface area contributed by atoms with Crippen molar-refractivity contribution in [3.63, 3.8) is 0 Å². The van der Waals surface area contributed by atoms with Gasteiger partial charge in [0.2, 0.25) is 17.7 Å². The van der Waals surface area contributed by atoms with E-state index in [4.69, 9.17) is 11.6 Å². The van der Waals surface area contributed by atoms with Crippen LogP contribution < -0.4 is 10.2 Å². The molecule has 1 N–H and O–H groups in total. The van der Waals surface area contributed by atoms with Crippen LogP contribution in [0, 0.1) is 0 Å². The van der Waals surface area contributed by atoms with Gasteiger partial charge in [0, 0.05) is 79.5 Å².